The second-order valence-electron chi connectivity index (χ2n) is 5.03. The molecule has 1 aliphatic rings. The number of aryl methyl sites for hydroxylation is 2. The Morgan fingerprint density at radius 3 is 2.81 bits per heavy atom. The Bertz CT molecular complexity index is 313. The molecule has 1 N–H and O–H groups in total. The highest BCUT2D eigenvalue weighted by Crippen LogP contribution is 2.17. The standard InChI is InChI=1S/C15H23N/c1-13-6-4-7-14(12-13)8-5-11-16-15-9-2-3-10-15/h4,6-7,12,15-16H,2-3,5,8-11H2,1H3. The Morgan fingerprint density at radius 1 is 1.25 bits per heavy atom. The van der Waals surface area contributed by atoms with Crippen LogP contribution in [-0.2, 0) is 6.42 Å². The average molecular weight is 217 g/mol. The normalized spacial score (nSPS) is 16.8. The van der Waals surface area contributed by atoms with Crippen molar-refractivity contribution >= 4 is 0 Å². The van der Waals surface area contributed by atoms with Crippen molar-refractivity contribution < 1.29 is 0 Å². The van der Waals surface area contributed by atoms with Crippen molar-refractivity contribution in [2.75, 3.05) is 6.54 Å². The van der Waals surface area contributed by atoms with Crippen LogP contribution in [0.25, 0.3) is 0 Å². The van der Waals surface area contributed by atoms with Crippen molar-refractivity contribution in [1.82, 2.24) is 5.32 Å². The van der Waals surface area contributed by atoms with E-state index >= 15 is 0 Å². The van der Waals surface area contributed by atoms with E-state index in [1.807, 2.05) is 0 Å². The minimum absolute atomic E-state index is 0.817. The van der Waals surface area contributed by atoms with E-state index in [-0.39, 0.29) is 0 Å². The van der Waals surface area contributed by atoms with Gasteiger partial charge in [0.25, 0.3) is 0 Å². The van der Waals surface area contributed by atoms with E-state index in [0.29, 0.717) is 0 Å². The molecule has 0 saturated heterocycles. The van der Waals surface area contributed by atoms with Gasteiger partial charge in [-0.15, -0.1) is 0 Å². The molecule has 1 saturated carbocycles. The lowest BCUT2D eigenvalue weighted by atomic mass is 10.1. The van der Waals surface area contributed by atoms with E-state index in [1.165, 1.54) is 56.2 Å². The second-order valence-corrected chi connectivity index (χ2v) is 5.03. The van der Waals surface area contributed by atoms with Crippen molar-refractivity contribution in [2.45, 2.75) is 51.5 Å². The molecule has 16 heavy (non-hydrogen) atoms. The smallest absolute Gasteiger partial charge is 0.00670 e. The van der Waals surface area contributed by atoms with E-state index < -0.39 is 0 Å². The monoisotopic (exact) mass is 217 g/mol. The molecular formula is C15H23N. The molecule has 88 valence electrons. The molecule has 0 atom stereocenters. The fourth-order valence-electron chi connectivity index (χ4n) is 2.60. The van der Waals surface area contributed by atoms with E-state index in [4.69, 9.17) is 0 Å². The molecule has 0 unspecified atom stereocenters. The van der Waals surface area contributed by atoms with Crippen LogP contribution in [0.15, 0.2) is 24.3 Å². The van der Waals surface area contributed by atoms with E-state index in [1.54, 1.807) is 0 Å². The minimum Gasteiger partial charge on any atom is -0.314 e. The van der Waals surface area contributed by atoms with Crippen LogP contribution in [0.3, 0.4) is 0 Å². The Balaban J connectivity index is 1.64. The number of hydrogen-bond acceptors (Lipinski definition) is 1. The Morgan fingerprint density at radius 2 is 2.06 bits per heavy atom. The van der Waals surface area contributed by atoms with Crippen LogP contribution in [0.1, 0.15) is 43.2 Å². The summed E-state index contributed by atoms with van der Waals surface area (Å²) >= 11 is 0. The quantitative estimate of drug-likeness (QED) is 0.745. The number of nitrogens with one attached hydrogen (secondary N) is 1. The van der Waals surface area contributed by atoms with Crippen LogP contribution >= 0.6 is 0 Å². The molecule has 0 spiro atoms. The van der Waals surface area contributed by atoms with E-state index in [2.05, 4.69) is 36.5 Å². The van der Waals surface area contributed by atoms with Gasteiger partial charge in [0.2, 0.25) is 0 Å². The summed E-state index contributed by atoms with van der Waals surface area (Å²) in [6, 6.07) is 9.69. The third-order valence-electron chi connectivity index (χ3n) is 3.51. The molecule has 0 aliphatic heterocycles. The van der Waals surface area contributed by atoms with Crippen LogP contribution in [-0.4, -0.2) is 12.6 Å². The lowest BCUT2D eigenvalue weighted by Gasteiger charge is -2.11. The van der Waals surface area contributed by atoms with Crippen LogP contribution in [0.5, 0.6) is 0 Å². The van der Waals surface area contributed by atoms with Crippen LogP contribution in [0, 0.1) is 6.92 Å². The fraction of sp³-hybridized carbons (Fsp3) is 0.600. The van der Waals surface area contributed by atoms with Gasteiger partial charge in [0.15, 0.2) is 0 Å². The molecule has 1 aromatic rings. The zero-order valence-corrected chi connectivity index (χ0v) is 10.3. The summed E-state index contributed by atoms with van der Waals surface area (Å²) in [7, 11) is 0. The first-order chi connectivity index (χ1) is 7.84. The molecule has 0 heterocycles. The van der Waals surface area contributed by atoms with Gasteiger partial charge >= 0.3 is 0 Å². The van der Waals surface area contributed by atoms with Crippen molar-refractivity contribution in [3.63, 3.8) is 0 Å². The second kappa shape index (κ2) is 6.05. The third kappa shape index (κ3) is 3.64. The molecule has 1 fully saturated rings. The molecule has 1 heteroatoms. The lowest BCUT2D eigenvalue weighted by molar-refractivity contribution is 0.515. The van der Waals surface area contributed by atoms with E-state index in [9.17, 15) is 0 Å². The van der Waals surface area contributed by atoms with Gasteiger partial charge in [0.1, 0.15) is 0 Å². The number of benzene rings is 1. The summed E-state index contributed by atoms with van der Waals surface area (Å²) in [5.41, 5.74) is 2.86. The van der Waals surface area contributed by atoms with Gasteiger partial charge < -0.3 is 5.32 Å². The molecular weight excluding hydrogens is 194 g/mol. The Hall–Kier alpha value is -0.820. The topological polar surface area (TPSA) is 12.0 Å². The maximum atomic E-state index is 3.67. The molecule has 1 aliphatic carbocycles. The summed E-state index contributed by atoms with van der Waals surface area (Å²) in [5, 5.41) is 3.67. The third-order valence-corrected chi connectivity index (χ3v) is 3.51. The largest absolute Gasteiger partial charge is 0.314 e. The summed E-state index contributed by atoms with van der Waals surface area (Å²) in [6.07, 6.45) is 8.11. The molecule has 0 radical (unpaired) electrons. The van der Waals surface area contributed by atoms with Crippen molar-refractivity contribution in [1.29, 1.82) is 0 Å². The van der Waals surface area contributed by atoms with Crippen LogP contribution in [0.4, 0.5) is 0 Å². The molecule has 1 nitrogen and oxygen atoms in total. The highest BCUT2D eigenvalue weighted by atomic mass is 14.9. The van der Waals surface area contributed by atoms with Crippen LogP contribution < -0.4 is 5.32 Å². The fourth-order valence-corrected chi connectivity index (χ4v) is 2.60. The molecule has 1 aromatic carbocycles. The maximum Gasteiger partial charge on any atom is 0.00670 e. The van der Waals surface area contributed by atoms with Gasteiger partial charge in [-0.2, -0.15) is 0 Å². The minimum atomic E-state index is 0.817. The van der Waals surface area contributed by atoms with Gasteiger partial charge in [0.05, 0.1) is 0 Å². The predicted molar refractivity (Wildman–Crippen MR) is 69.8 cm³/mol. The summed E-state index contributed by atoms with van der Waals surface area (Å²) in [6.45, 7) is 3.35. The summed E-state index contributed by atoms with van der Waals surface area (Å²) < 4.78 is 0. The Kier molecular flexibility index (Phi) is 4.41. The highest BCUT2D eigenvalue weighted by Gasteiger charge is 2.12. The molecule has 0 bridgehead atoms. The zero-order valence-electron chi connectivity index (χ0n) is 10.3. The lowest BCUT2D eigenvalue weighted by Crippen LogP contribution is -2.27. The number of hydrogen-bond donors (Lipinski definition) is 1. The van der Waals surface area contributed by atoms with Crippen molar-refractivity contribution in [2.24, 2.45) is 0 Å². The molecule has 0 aromatic heterocycles. The van der Waals surface area contributed by atoms with Gasteiger partial charge in [-0.1, -0.05) is 42.7 Å². The highest BCUT2D eigenvalue weighted by molar-refractivity contribution is 5.22. The van der Waals surface area contributed by atoms with Gasteiger partial charge in [-0.3, -0.25) is 0 Å². The number of rotatable bonds is 5. The van der Waals surface area contributed by atoms with E-state index in [0.717, 1.165) is 6.04 Å². The SMILES string of the molecule is Cc1cccc(CCCNC2CCCC2)c1. The Labute approximate surface area is 99.3 Å². The summed E-state index contributed by atoms with van der Waals surface area (Å²) in [5.74, 6) is 0. The van der Waals surface area contributed by atoms with Crippen molar-refractivity contribution in [3.05, 3.63) is 35.4 Å². The van der Waals surface area contributed by atoms with Gasteiger partial charge in [-0.25, -0.2) is 0 Å². The maximum absolute atomic E-state index is 3.67. The zero-order chi connectivity index (χ0) is 11.2. The van der Waals surface area contributed by atoms with Crippen molar-refractivity contribution in [3.8, 4) is 0 Å². The molecule has 2 rings (SSSR count). The molecule has 0 amide bonds. The first-order valence-corrected chi connectivity index (χ1v) is 6.63. The summed E-state index contributed by atoms with van der Waals surface area (Å²) in [4.78, 5) is 0. The predicted octanol–water partition coefficient (Wildman–Crippen LogP) is 3.46. The first kappa shape index (κ1) is 11.7. The average Bonchev–Trinajstić information content (AvgIpc) is 2.77. The van der Waals surface area contributed by atoms with Crippen LogP contribution in [0.2, 0.25) is 0 Å². The van der Waals surface area contributed by atoms with Gasteiger partial charge in [0, 0.05) is 6.04 Å². The first-order valence-electron chi connectivity index (χ1n) is 6.63. The van der Waals surface area contributed by atoms with Gasteiger partial charge in [-0.05, 0) is 44.7 Å².